The van der Waals surface area contributed by atoms with E-state index in [0.717, 1.165) is 56.8 Å². The number of rotatable bonds is 9. The van der Waals surface area contributed by atoms with Crippen molar-refractivity contribution in [2.24, 2.45) is 0 Å². The van der Waals surface area contributed by atoms with Crippen molar-refractivity contribution in [1.82, 2.24) is 34.7 Å². The Hall–Kier alpha value is -4.71. The van der Waals surface area contributed by atoms with Crippen LogP contribution in [0.1, 0.15) is 19.8 Å². The monoisotopic (exact) mass is 582 g/mol. The number of piperidine rings is 1. The maximum atomic E-state index is 12.3. The molecule has 3 aromatic heterocycles. The van der Waals surface area contributed by atoms with Gasteiger partial charge < -0.3 is 35.1 Å². The summed E-state index contributed by atoms with van der Waals surface area (Å²) in [7, 11) is 1.80. The molecule has 2 aliphatic rings. The van der Waals surface area contributed by atoms with Gasteiger partial charge in [0, 0.05) is 62.9 Å². The van der Waals surface area contributed by atoms with Crippen LogP contribution in [0.25, 0.3) is 22.3 Å². The lowest BCUT2D eigenvalue weighted by molar-refractivity contribution is -0.128. The number of ether oxygens (including phenoxy) is 1. The molecule has 1 atom stereocenters. The van der Waals surface area contributed by atoms with Crippen LogP contribution >= 0.6 is 0 Å². The summed E-state index contributed by atoms with van der Waals surface area (Å²) in [5.74, 6) is 1.38. The number of H-pyrrole nitrogens is 1. The number of piperazine rings is 1. The summed E-state index contributed by atoms with van der Waals surface area (Å²) in [4.78, 5) is 40.9. The second-order valence-electron chi connectivity index (χ2n) is 10.8. The number of aromatic nitrogens is 5. The first-order valence-corrected chi connectivity index (χ1v) is 14.9. The molecular formula is C31H38N10O2. The minimum absolute atomic E-state index is 0.0966. The van der Waals surface area contributed by atoms with E-state index in [4.69, 9.17) is 14.7 Å². The molecule has 0 radical (unpaired) electrons. The molecule has 224 valence electrons. The van der Waals surface area contributed by atoms with Crippen molar-refractivity contribution in [3.05, 3.63) is 55.5 Å². The van der Waals surface area contributed by atoms with Gasteiger partial charge in [-0.15, -0.1) is 0 Å². The number of likely N-dealkylation sites (tertiary alicyclic amines) is 1. The maximum Gasteiger partial charge on any atom is 0.246 e. The third kappa shape index (κ3) is 6.24. The van der Waals surface area contributed by atoms with Crippen molar-refractivity contribution in [3.63, 3.8) is 0 Å². The molecule has 3 N–H and O–H groups in total. The van der Waals surface area contributed by atoms with Crippen molar-refractivity contribution in [3.8, 4) is 17.1 Å². The number of carbonyl (C=O) groups excluding carboxylic acids is 1. The van der Waals surface area contributed by atoms with Gasteiger partial charge in [-0.05, 0) is 49.7 Å². The number of anilines is 4. The van der Waals surface area contributed by atoms with Gasteiger partial charge in [0.2, 0.25) is 17.7 Å². The molecule has 5 heterocycles. The van der Waals surface area contributed by atoms with Gasteiger partial charge in [-0.25, -0.2) is 4.98 Å². The highest BCUT2D eigenvalue weighted by atomic mass is 16.5. The molecule has 12 nitrogen and oxygen atoms in total. The van der Waals surface area contributed by atoms with Crippen LogP contribution < -0.4 is 20.3 Å². The molecule has 2 aliphatic heterocycles. The van der Waals surface area contributed by atoms with Gasteiger partial charge in [-0.2, -0.15) is 9.97 Å². The second kappa shape index (κ2) is 12.7. The second-order valence-corrected chi connectivity index (χ2v) is 10.8. The molecule has 4 aromatic rings. The highest BCUT2D eigenvalue weighted by Crippen LogP contribution is 2.35. The van der Waals surface area contributed by atoms with Gasteiger partial charge in [0.15, 0.2) is 0 Å². The Morgan fingerprint density at radius 2 is 1.93 bits per heavy atom. The quantitative estimate of drug-likeness (QED) is 0.250. The number of benzene rings is 1. The van der Waals surface area contributed by atoms with Crippen LogP contribution in [0.4, 0.5) is 23.1 Å². The number of nitrogens with one attached hydrogen (secondary N) is 3. The Morgan fingerprint density at radius 3 is 2.67 bits per heavy atom. The summed E-state index contributed by atoms with van der Waals surface area (Å²) in [6.45, 7) is 12.3. The van der Waals surface area contributed by atoms with Gasteiger partial charge in [0.25, 0.3) is 0 Å². The number of fused-ring (bicyclic) bond motifs is 1. The van der Waals surface area contributed by atoms with E-state index in [1.807, 2.05) is 6.20 Å². The zero-order chi connectivity index (χ0) is 29.8. The Bertz CT molecular complexity index is 1580. The Balaban J connectivity index is 1.29. The van der Waals surface area contributed by atoms with Crippen molar-refractivity contribution in [2.45, 2.75) is 25.9 Å². The minimum Gasteiger partial charge on any atom is -0.472 e. The lowest BCUT2D eigenvalue weighted by Gasteiger charge is -2.35. The fourth-order valence-electron chi connectivity index (χ4n) is 5.69. The molecule has 1 aromatic carbocycles. The molecule has 2 fully saturated rings. The molecule has 0 bridgehead atoms. The topological polar surface area (TPSA) is 127 Å². The number of likely N-dealkylation sites (N-methyl/N-ethyl adjacent to an activating group) is 1. The zero-order valence-electron chi connectivity index (χ0n) is 24.7. The number of hydrogen-bond donors (Lipinski definition) is 3. The molecule has 12 heteroatoms. The fraction of sp³-hybridized carbons (Fsp3) is 0.387. The number of amides is 1. The lowest BCUT2D eigenvalue weighted by Crippen LogP contribution is -2.46. The third-order valence-corrected chi connectivity index (χ3v) is 8.12. The van der Waals surface area contributed by atoms with Crippen LogP contribution in [0.2, 0.25) is 0 Å². The summed E-state index contributed by atoms with van der Waals surface area (Å²) < 4.78 is 6.55. The molecule has 43 heavy (non-hydrogen) atoms. The van der Waals surface area contributed by atoms with Crippen molar-refractivity contribution in [2.75, 3.05) is 68.4 Å². The van der Waals surface area contributed by atoms with Crippen LogP contribution in [0.5, 0.6) is 5.88 Å². The first-order chi connectivity index (χ1) is 21.0. The number of carbonyl (C=O) groups is 1. The molecule has 6 rings (SSSR count). The Kier molecular flexibility index (Phi) is 8.36. The van der Waals surface area contributed by atoms with E-state index < -0.39 is 0 Å². The number of aromatic amines is 1. The standard InChI is InChI=1S/C31H38N10O2/c1-4-27(42)41-12-6-7-23(20-41)43-30-28-24(25-18-33-19-26(32-3)36-25)17-34-29(28)37-31(38-30)35-21-8-10-22(11-9-21)40-15-13-39(5-2)14-16-40/h4,8-11,17-19,23H,1,5-7,12-16,20H2,2-3H3,(H,32,36)(H2,34,35,37,38). The predicted molar refractivity (Wildman–Crippen MR) is 169 cm³/mol. The van der Waals surface area contributed by atoms with Crippen LogP contribution in [0.3, 0.4) is 0 Å². The van der Waals surface area contributed by atoms with Crippen LogP contribution in [-0.2, 0) is 4.79 Å². The molecule has 0 spiro atoms. The largest absolute Gasteiger partial charge is 0.472 e. The Morgan fingerprint density at radius 1 is 1.12 bits per heavy atom. The van der Waals surface area contributed by atoms with Crippen molar-refractivity contribution < 1.29 is 9.53 Å². The first-order valence-electron chi connectivity index (χ1n) is 14.9. The molecule has 1 amide bonds. The molecule has 0 aliphatic carbocycles. The van der Waals surface area contributed by atoms with Crippen molar-refractivity contribution >= 4 is 40.1 Å². The van der Waals surface area contributed by atoms with E-state index >= 15 is 0 Å². The average molecular weight is 583 g/mol. The van der Waals surface area contributed by atoms with Gasteiger partial charge in [-0.3, -0.25) is 9.78 Å². The molecule has 2 saturated heterocycles. The number of hydrogen-bond acceptors (Lipinski definition) is 10. The zero-order valence-corrected chi connectivity index (χ0v) is 24.7. The van der Waals surface area contributed by atoms with E-state index in [1.165, 1.54) is 11.8 Å². The summed E-state index contributed by atoms with van der Waals surface area (Å²) in [5.41, 5.74) is 4.13. The summed E-state index contributed by atoms with van der Waals surface area (Å²) in [5, 5.41) is 7.11. The van der Waals surface area contributed by atoms with Gasteiger partial charge in [-0.1, -0.05) is 13.5 Å². The highest BCUT2D eigenvalue weighted by molar-refractivity contribution is 5.97. The number of nitrogens with zero attached hydrogens (tertiary/aromatic N) is 7. The van der Waals surface area contributed by atoms with Gasteiger partial charge in [0.05, 0.1) is 30.0 Å². The minimum atomic E-state index is -0.228. The maximum absolute atomic E-state index is 12.3. The molecule has 0 saturated carbocycles. The van der Waals surface area contributed by atoms with E-state index in [2.05, 4.69) is 73.2 Å². The Labute approximate surface area is 251 Å². The van der Waals surface area contributed by atoms with Crippen LogP contribution in [0, 0.1) is 0 Å². The van der Waals surface area contributed by atoms with Gasteiger partial charge in [0.1, 0.15) is 17.6 Å². The summed E-state index contributed by atoms with van der Waals surface area (Å²) in [6.07, 6.45) is 7.97. The lowest BCUT2D eigenvalue weighted by atomic mass is 10.1. The fourth-order valence-corrected chi connectivity index (χ4v) is 5.69. The summed E-state index contributed by atoms with van der Waals surface area (Å²) >= 11 is 0. The molecular weight excluding hydrogens is 544 g/mol. The van der Waals surface area contributed by atoms with Crippen LogP contribution in [-0.4, -0.2) is 99.6 Å². The summed E-state index contributed by atoms with van der Waals surface area (Å²) in [6, 6.07) is 8.36. The highest BCUT2D eigenvalue weighted by Gasteiger charge is 2.26. The molecule has 1 unspecified atom stereocenters. The van der Waals surface area contributed by atoms with E-state index in [1.54, 1.807) is 24.3 Å². The normalized spacial score (nSPS) is 17.6. The van der Waals surface area contributed by atoms with E-state index in [0.29, 0.717) is 47.5 Å². The SMILES string of the molecule is C=CC(=O)N1CCCC(Oc2nc(Nc3ccc(N4CCN(CC)CC4)cc3)nc3[nH]cc(-c4cncc(NC)n4)c23)C1. The first kappa shape index (κ1) is 28.4. The smallest absolute Gasteiger partial charge is 0.246 e. The third-order valence-electron chi connectivity index (χ3n) is 8.12. The van der Waals surface area contributed by atoms with E-state index in [9.17, 15) is 4.79 Å². The predicted octanol–water partition coefficient (Wildman–Crippen LogP) is 3.90. The van der Waals surface area contributed by atoms with Gasteiger partial charge >= 0.3 is 0 Å². The van der Waals surface area contributed by atoms with Crippen LogP contribution in [0.15, 0.2) is 55.5 Å². The van der Waals surface area contributed by atoms with Crippen molar-refractivity contribution in [1.29, 1.82) is 0 Å². The average Bonchev–Trinajstić information content (AvgIpc) is 3.49. The van der Waals surface area contributed by atoms with E-state index in [-0.39, 0.29) is 12.0 Å².